The van der Waals surface area contributed by atoms with Gasteiger partial charge in [0.25, 0.3) is 5.91 Å². The zero-order valence-electron chi connectivity index (χ0n) is 24.5. The monoisotopic (exact) mass is 633 g/mol. The summed E-state index contributed by atoms with van der Waals surface area (Å²) in [5.41, 5.74) is 10.1. The maximum atomic E-state index is 13.0. The average molecular weight is 634 g/mol. The topological polar surface area (TPSA) is 139 Å². The summed E-state index contributed by atoms with van der Waals surface area (Å²) in [5, 5.41) is 13.5. The molecule has 1 unspecified atom stereocenters. The van der Waals surface area contributed by atoms with Gasteiger partial charge in [-0.25, -0.2) is 17.5 Å². The second kappa shape index (κ2) is 13.2. The fraction of sp³-hybridized carbons (Fsp3) is 0.273. The van der Waals surface area contributed by atoms with E-state index in [4.69, 9.17) is 10.5 Å². The van der Waals surface area contributed by atoms with Crippen LogP contribution >= 0.6 is 11.3 Å². The number of anilines is 1. The lowest BCUT2D eigenvalue weighted by atomic mass is 10.0. The zero-order valence-corrected chi connectivity index (χ0v) is 26.2. The third-order valence-corrected chi connectivity index (χ3v) is 10.9. The van der Waals surface area contributed by atoms with Gasteiger partial charge in [-0.05, 0) is 55.5 Å². The van der Waals surface area contributed by atoms with Gasteiger partial charge in [-0.2, -0.15) is 0 Å². The fourth-order valence-electron chi connectivity index (χ4n) is 5.47. The zero-order chi connectivity index (χ0) is 31.4. The molecule has 2 heterocycles. The first-order chi connectivity index (χ1) is 21.0. The fourth-order valence-corrected chi connectivity index (χ4v) is 8.11. The number of amides is 1. The van der Waals surface area contributed by atoms with Crippen molar-refractivity contribution in [3.63, 3.8) is 0 Å². The second-order valence-electron chi connectivity index (χ2n) is 10.9. The van der Waals surface area contributed by atoms with Crippen LogP contribution < -0.4 is 15.8 Å². The van der Waals surface area contributed by atoms with Crippen molar-refractivity contribution in [2.24, 2.45) is 5.73 Å². The number of nitrogens with zero attached hydrogens (tertiary/aromatic N) is 1. The maximum absolute atomic E-state index is 13.0. The van der Waals surface area contributed by atoms with Crippen molar-refractivity contribution in [3.8, 4) is 16.2 Å². The van der Waals surface area contributed by atoms with Gasteiger partial charge >= 0.3 is 5.97 Å². The number of aryl methyl sites for hydroxylation is 1. The number of benzene rings is 3. The minimum absolute atomic E-state index is 0.0106. The van der Waals surface area contributed by atoms with E-state index < -0.39 is 28.0 Å². The number of nitrogens with two attached hydrogens (primary N) is 1. The van der Waals surface area contributed by atoms with Crippen molar-refractivity contribution in [1.29, 1.82) is 0 Å². The van der Waals surface area contributed by atoms with Crippen molar-refractivity contribution in [2.45, 2.75) is 44.6 Å². The maximum Gasteiger partial charge on any atom is 0.349 e. The van der Waals surface area contributed by atoms with Gasteiger partial charge in [0.05, 0.1) is 5.75 Å². The van der Waals surface area contributed by atoms with E-state index in [1.807, 2.05) is 73.7 Å². The van der Waals surface area contributed by atoms with E-state index in [2.05, 4.69) is 5.32 Å². The Morgan fingerprint density at radius 1 is 1.02 bits per heavy atom. The molecule has 11 heteroatoms. The van der Waals surface area contributed by atoms with E-state index in [1.54, 1.807) is 23.4 Å². The molecule has 0 aliphatic carbocycles. The van der Waals surface area contributed by atoms with Crippen LogP contribution in [0.1, 0.15) is 50.9 Å². The predicted octanol–water partition coefficient (Wildman–Crippen LogP) is 5.74. The summed E-state index contributed by atoms with van der Waals surface area (Å²) in [5.74, 6) is -1.76. The Bertz CT molecular complexity index is 1760. The quantitative estimate of drug-likeness (QED) is 0.191. The predicted molar refractivity (Wildman–Crippen MR) is 172 cm³/mol. The molecule has 230 valence electrons. The standard InChI is InChI=1S/C33H35N3O6S2/c1-21-9-6-7-14-27(21)29(32(34)37)42-28-22(2)30(43-31(28)33(38)39)24-12-8-13-26(19-24)35-25-15-17-36(18-16-25)44(40,41)20-23-10-4-3-5-11-23/h3-14,19,25,29,35H,15-18,20H2,1-2H3,(H2,34,37)(H,38,39). The third kappa shape index (κ3) is 6.96. The molecule has 4 aromatic rings. The van der Waals surface area contributed by atoms with Crippen molar-refractivity contribution in [2.75, 3.05) is 18.4 Å². The summed E-state index contributed by atoms with van der Waals surface area (Å²) in [4.78, 5) is 25.4. The minimum atomic E-state index is -3.41. The molecule has 0 spiro atoms. The number of ether oxygens (including phenoxy) is 1. The SMILES string of the molecule is Cc1ccccc1C(Oc1c(C(=O)O)sc(-c2cccc(NC3CCN(S(=O)(=O)Cc4ccccc4)CC3)c2)c1C)C(N)=O. The Balaban J connectivity index is 1.31. The van der Waals surface area contributed by atoms with Gasteiger partial charge in [0.1, 0.15) is 5.75 Å². The number of thiophene rings is 1. The Labute approximate surface area is 261 Å². The molecule has 44 heavy (non-hydrogen) atoms. The van der Waals surface area contributed by atoms with Crippen molar-refractivity contribution < 1.29 is 27.9 Å². The van der Waals surface area contributed by atoms with Gasteiger partial charge in [0, 0.05) is 40.8 Å². The van der Waals surface area contributed by atoms with Crippen LogP contribution in [0, 0.1) is 13.8 Å². The minimum Gasteiger partial charge on any atom is -0.477 e. The number of carbonyl (C=O) groups is 2. The number of primary amides is 1. The van der Waals surface area contributed by atoms with E-state index in [0.29, 0.717) is 41.9 Å². The van der Waals surface area contributed by atoms with E-state index in [9.17, 15) is 23.1 Å². The first-order valence-corrected chi connectivity index (χ1v) is 16.7. The highest BCUT2D eigenvalue weighted by atomic mass is 32.2. The number of aromatic carboxylic acids is 1. The van der Waals surface area contributed by atoms with E-state index in [-0.39, 0.29) is 22.4 Å². The van der Waals surface area contributed by atoms with Crippen molar-refractivity contribution in [3.05, 3.63) is 106 Å². The Morgan fingerprint density at radius 3 is 2.36 bits per heavy atom. The first kappa shape index (κ1) is 31.2. The van der Waals surface area contributed by atoms with E-state index >= 15 is 0 Å². The number of nitrogens with one attached hydrogen (secondary N) is 1. The molecule has 4 N–H and O–H groups in total. The van der Waals surface area contributed by atoms with Crippen LogP contribution in [0.4, 0.5) is 5.69 Å². The van der Waals surface area contributed by atoms with Crippen LogP contribution in [0.3, 0.4) is 0 Å². The molecule has 1 saturated heterocycles. The molecule has 1 amide bonds. The van der Waals surface area contributed by atoms with Gasteiger partial charge < -0.3 is 20.9 Å². The number of carboxylic acid groups (broad SMARTS) is 1. The average Bonchev–Trinajstić information content (AvgIpc) is 3.33. The molecular weight excluding hydrogens is 599 g/mol. The Hall–Kier alpha value is -4.19. The normalized spacial score (nSPS) is 15.0. The van der Waals surface area contributed by atoms with E-state index in [1.165, 1.54) is 0 Å². The number of sulfonamides is 1. The van der Waals surface area contributed by atoms with Crippen LogP contribution in [0.15, 0.2) is 78.9 Å². The Morgan fingerprint density at radius 2 is 1.70 bits per heavy atom. The highest BCUT2D eigenvalue weighted by Crippen LogP contribution is 2.43. The lowest BCUT2D eigenvalue weighted by Gasteiger charge is -2.32. The number of carboxylic acids is 1. The van der Waals surface area contributed by atoms with Gasteiger partial charge in [-0.3, -0.25) is 4.79 Å². The molecule has 1 atom stereocenters. The molecule has 0 radical (unpaired) electrons. The lowest BCUT2D eigenvalue weighted by molar-refractivity contribution is -0.125. The summed E-state index contributed by atoms with van der Waals surface area (Å²) in [6, 6.07) is 24.1. The first-order valence-electron chi connectivity index (χ1n) is 14.3. The molecule has 5 rings (SSSR count). The molecule has 1 aliphatic rings. The number of piperidine rings is 1. The molecular formula is C33H35N3O6S2. The van der Waals surface area contributed by atoms with Gasteiger partial charge in [0.2, 0.25) is 16.1 Å². The molecule has 0 bridgehead atoms. The van der Waals surface area contributed by atoms with Gasteiger partial charge in [0.15, 0.2) is 4.88 Å². The van der Waals surface area contributed by atoms with Crippen LogP contribution in [0.25, 0.3) is 10.4 Å². The summed E-state index contributed by atoms with van der Waals surface area (Å²) in [6.07, 6.45) is 0.168. The third-order valence-electron chi connectivity index (χ3n) is 7.79. The number of hydrogen-bond acceptors (Lipinski definition) is 7. The lowest BCUT2D eigenvalue weighted by Crippen LogP contribution is -2.42. The molecule has 1 fully saturated rings. The van der Waals surface area contributed by atoms with Crippen LogP contribution in [-0.4, -0.2) is 48.8 Å². The van der Waals surface area contributed by atoms with Crippen LogP contribution in [0.2, 0.25) is 0 Å². The molecule has 9 nitrogen and oxygen atoms in total. The molecule has 1 aliphatic heterocycles. The van der Waals surface area contributed by atoms with Gasteiger partial charge in [-0.1, -0.05) is 66.7 Å². The van der Waals surface area contributed by atoms with Crippen molar-refractivity contribution in [1.82, 2.24) is 4.31 Å². The van der Waals surface area contributed by atoms with Crippen LogP contribution in [0.5, 0.6) is 5.75 Å². The molecule has 1 aromatic heterocycles. The largest absolute Gasteiger partial charge is 0.477 e. The highest BCUT2D eigenvalue weighted by Gasteiger charge is 2.30. The summed E-state index contributed by atoms with van der Waals surface area (Å²) in [7, 11) is -3.41. The molecule has 0 saturated carbocycles. The number of hydrogen-bond donors (Lipinski definition) is 3. The van der Waals surface area contributed by atoms with Crippen LogP contribution in [-0.2, 0) is 20.6 Å². The second-order valence-corrected chi connectivity index (χ2v) is 13.9. The smallest absolute Gasteiger partial charge is 0.349 e. The summed E-state index contributed by atoms with van der Waals surface area (Å²) in [6.45, 7) is 4.47. The molecule has 3 aromatic carbocycles. The summed E-state index contributed by atoms with van der Waals surface area (Å²) < 4.78 is 33.6. The van der Waals surface area contributed by atoms with Gasteiger partial charge in [-0.15, -0.1) is 11.3 Å². The number of carbonyl (C=O) groups excluding carboxylic acids is 1. The van der Waals surface area contributed by atoms with E-state index in [0.717, 1.165) is 33.7 Å². The highest BCUT2D eigenvalue weighted by molar-refractivity contribution is 7.88. The van der Waals surface area contributed by atoms with Crippen molar-refractivity contribution >= 4 is 38.9 Å². The Kier molecular flexibility index (Phi) is 9.38. The number of rotatable bonds is 11. The summed E-state index contributed by atoms with van der Waals surface area (Å²) >= 11 is 1.08.